The molecule has 0 unspecified atom stereocenters. The van der Waals surface area contributed by atoms with Gasteiger partial charge in [-0.15, -0.1) is 5.92 Å². The van der Waals surface area contributed by atoms with Crippen LogP contribution < -0.4 is 5.32 Å². The monoisotopic (exact) mass is 151 g/mol. The molecular formula is C9H13NO. The average molecular weight is 151 g/mol. The Labute approximate surface area is 67.4 Å². The third-order valence-corrected chi connectivity index (χ3v) is 1.63. The zero-order valence-corrected chi connectivity index (χ0v) is 6.81. The molecule has 1 saturated carbocycles. The summed E-state index contributed by atoms with van der Waals surface area (Å²) in [5, 5.41) is 3.15. The van der Waals surface area contributed by atoms with Crippen LogP contribution in [0.4, 0.5) is 0 Å². The lowest BCUT2D eigenvalue weighted by Crippen LogP contribution is -2.24. The molecule has 0 bridgehead atoms. The maximum absolute atomic E-state index is 11.0. The fourth-order valence-electron chi connectivity index (χ4n) is 0.795. The van der Waals surface area contributed by atoms with Gasteiger partial charge < -0.3 is 5.32 Å². The SMILES string of the molecule is CC#CCC(=O)CNC1CC1. The zero-order valence-electron chi connectivity index (χ0n) is 6.81. The summed E-state index contributed by atoms with van der Waals surface area (Å²) in [5.41, 5.74) is 0. The Morgan fingerprint density at radius 3 is 2.91 bits per heavy atom. The summed E-state index contributed by atoms with van der Waals surface area (Å²) >= 11 is 0. The second-order valence-corrected chi connectivity index (χ2v) is 2.80. The van der Waals surface area contributed by atoms with Crippen LogP contribution in [0.15, 0.2) is 0 Å². The molecule has 0 aromatic heterocycles. The number of hydrogen-bond acceptors (Lipinski definition) is 2. The van der Waals surface area contributed by atoms with E-state index in [-0.39, 0.29) is 5.78 Å². The minimum atomic E-state index is 0.200. The first-order valence-electron chi connectivity index (χ1n) is 3.97. The number of carbonyl (C=O) groups excluding carboxylic acids is 1. The van der Waals surface area contributed by atoms with Crippen molar-refractivity contribution in [3.8, 4) is 11.8 Å². The highest BCUT2D eigenvalue weighted by atomic mass is 16.1. The first-order chi connectivity index (χ1) is 5.33. The van der Waals surface area contributed by atoms with Crippen molar-refractivity contribution < 1.29 is 4.79 Å². The van der Waals surface area contributed by atoms with Crippen LogP contribution in [0.2, 0.25) is 0 Å². The molecule has 0 saturated heterocycles. The van der Waals surface area contributed by atoms with Crippen LogP contribution in [0.5, 0.6) is 0 Å². The minimum Gasteiger partial charge on any atom is -0.307 e. The number of ketones is 1. The molecule has 0 aromatic carbocycles. The summed E-state index contributed by atoms with van der Waals surface area (Å²) in [6, 6.07) is 0.619. The number of Topliss-reactive ketones (excluding diaryl/α,β-unsaturated/α-hetero) is 1. The molecule has 1 fully saturated rings. The molecule has 0 amide bonds. The summed E-state index contributed by atoms with van der Waals surface area (Å²) in [5.74, 6) is 5.66. The summed E-state index contributed by atoms with van der Waals surface area (Å²) in [7, 11) is 0. The standard InChI is InChI=1S/C9H13NO/c1-2-3-4-9(11)7-10-8-5-6-8/h8,10H,4-7H2,1H3. The van der Waals surface area contributed by atoms with Crippen molar-refractivity contribution in [3.05, 3.63) is 0 Å². The van der Waals surface area contributed by atoms with E-state index in [0.717, 1.165) is 0 Å². The summed E-state index contributed by atoms with van der Waals surface area (Å²) in [6.45, 7) is 2.25. The van der Waals surface area contributed by atoms with Gasteiger partial charge in [0, 0.05) is 6.04 Å². The summed E-state index contributed by atoms with van der Waals surface area (Å²) in [6.07, 6.45) is 2.86. The predicted molar refractivity (Wildman–Crippen MR) is 44.1 cm³/mol. The van der Waals surface area contributed by atoms with Crippen molar-refractivity contribution in [2.24, 2.45) is 0 Å². The molecule has 0 heterocycles. The van der Waals surface area contributed by atoms with Gasteiger partial charge in [0.15, 0.2) is 5.78 Å². The molecule has 1 N–H and O–H groups in total. The van der Waals surface area contributed by atoms with Crippen LogP contribution in [-0.2, 0) is 4.79 Å². The Balaban J connectivity index is 2.03. The van der Waals surface area contributed by atoms with Gasteiger partial charge in [-0.25, -0.2) is 0 Å². The molecule has 2 heteroatoms. The molecule has 0 radical (unpaired) electrons. The third-order valence-electron chi connectivity index (χ3n) is 1.63. The van der Waals surface area contributed by atoms with Crippen LogP contribution in [0.3, 0.4) is 0 Å². The molecule has 0 aliphatic heterocycles. The molecular weight excluding hydrogens is 138 g/mol. The Morgan fingerprint density at radius 2 is 2.36 bits per heavy atom. The van der Waals surface area contributed by atoms with Crippen molar-refractivity contribution in [2.45, 2.75) is 32.2 Å². The van der Waals surface area contributed by atoms with E-state index in [9.17, 15) is 4.79 Å². The Morgan fingerprint density at radius 1 is 1.64 bits per heavy atom. The quantitative estimate of drug-likeness (QED) is 0.600. The maximum Gasteiger partial charge on any atom is 0.158 e. The lowest BCUT2D eigenvalue weighted by molar-refractivity contribution is -0.117. The maximum atomic E-state index is 11.0. The number of hydrogen-bond donors (Lipinski definition) is 1. The molecule has 0 spiro atoms. The second-order valence-electron chi connectivity index (χ2n) is 2.80. The normalized spacial score (nSPS) is 15.4. The summed E-state index contributed by atoms with van der Waals surface area (Å²) < 4.78 is 0. The highest BCUT2D eigenvalue weighted by Crippen LogP contribution is 2.17. The first kappa shape index (κ1) is 8.29. The van der Waals surface area contributed by atoms with Gasteiger partial charge in [0.2, 0.25) is 0 Å². The van der Waals surface area contributed by atoms with Crippen LogP contribution in [-0.4, -0.2) is 18.4 Å². The van der Waals surface area contributed by atoms with Crippen molar-refractivity contribution in [2.75, 3.05) is 6.54 Å². The Bertz CT molecular complexity index is 195. The largest absolute Gasteiger partial charge is 0.307 e. The van der Waals surface area contributed by atoms with Gasteiger partial charge in [-0.05, 0) is 19.8 Å². The van der Waals surface area contributed by atoms with Gasteiger partial charge in [0.1, 0.15) is 0 Å². The van der Waals surface area contributed by atoms with Gasteiger partial charge in [-0.2, -0.15) is 0 Å². The van der Waals surface area contributed by atoms with E-state index in [4.69, 9.17) is 0 Å². The lowest BCUT2D eigenvalue weighted by atomic mass is 10.3. The molecule has 60 valence electrons. The van der Waals surface area contributed by atoms with Crippen molar-refractivity contribution in [1.82, 2.24) is 5.32 Å². The Hall–Kier alpha value is -0.810. The lowest BCUT2D eigenvalue weighted by Gasteiger charge is -1.97. The van der Waals surface area contributed by atoms with Crippen LogP contribution in [0, 0.1) is 11.8 Å². The Kier molecular flexibility index (Phi) is 3.13. The van der Waals surface area contributed by atoms with E-state index >= 15 is 0 Å². The molecule has 11 heavy (non-hydrogen) atoms. The summed E-state index contributed by atoms with van der Waals surface area (Å²) in [4.78, 5) is 11.0. The van der Waals surface area contributed by atoms with Crippen LogP contribution >= 0.6 is 0 Å². The smallest absolute Gasteiger partial charge is 0.158 e. The molecule has 0 aromatic rings. The highest BCUT2D eigenvalue weighted by molar-refractivity contribution is 5.82. The third kappa shape index (κ3) is 3.79. The van der Waals surface area contributed by atoms with E-state index in [0.29, 0.717) is 19.0 Å². The van der Waals surface area contributed by atoms with Gasteiger partial charge in [0.25, 0.3) is 0 Å². The van der Waals surface area contributed by atoms with Crippen molar-refractivity contribution >= 4 is 5.78 Å². The average Bonchev–Trinajstić information content (AvgIpc) is 2.80. The first-order valence-corrected chi connectivity index (χ1v) is 3.97. The molecule has 2 nitrogen and oxygen atoms in total. The second kappa shape index (κ2) is 4.15. The van der Waals surface area contributed by atoms with Gasteiger partial charge in [0.05, 0.1) is 13.0 Å². The number of rotatable bonds is 4. The molecule has 1 aliphatic rings. The van der Waals surface area contributed by atoms with Gasteiger partial charge >= 0.3 is 0 Å². The van der Waals surface area contributed by atoms with E-state index < -0.39 is 0 Å². The predicted octanol–water partition coefficient (Wildman–Crippen LogP) is 0.721. The van der Waals surface area contributed by atoms with Crippen molar-refractivity contribution in [1.29, 1.82) is 0 Å². The number of carbonyl (C=O) groups is 1. The van der Waals surface area contributed by atoms with Crippen LogP contribution in [0.1, 0.15) is 26.2 Å². The van der Waals surface area contributed by atoms with E-state index in [1.54, 1.807) is 6.92 Å². The topological polar surface area (TPSA) is 29.1 Å². The van der Waals surface area contributed by atoms with Gasteiger partial charge in [-0.1, -0.05) is 5.92 Å². The van der Waals surface area contributed by atoms with E-state index in [1.807, 2.05) is 0 Å². The fourth-order valence-corrected chi connectivity index (χ4v) is 0.795. The molecule has 1 rings (SSSR count). The molecule has 1 aliphatic carbocycles. The molecule has 0 atom stereocenters. The van der Waals surface area contributed by atoms with E-state index in [1.165, 1.54) is 12.8 Å². The van der Waals surface area contributed by atoms with Gasteiger partial charge in [-0.3, -0.25) is 4.79 Å². The van der Waals surface area contributed by atoms with E-state index in [2.05, 4.69) is 17.2 Å². The number of nitrogens with one attached hydrogen (secondary N) is 1. The highest BCUT2D eigenvalue weighted by Gasteiger charge is 2.20. The fraction of sp³-hybridized carbons (Fsp3) is 0.667. The van der Waals surface area contributed by atoms with Crippen LogP contribution in [0.25, 0.3) is 0 Å². The van der Waals surface area contributed by atoms with Crippen molar-refractivity contribution in [3.63, 3.8) is 0 Å². The zero-order chi connectivity index (χ0) is 8.10. The minimum absolute atomic E-state index is 0.200.